The molecule has 0 radical (unpaired) electrons. The molecular formula is C23H25ClN2O4S. The molecule has 6 nitrogen and oxygen atoms in total. The number of aryl methyl sites for hydroxylation is 1. The van der Waals surface area contributed by atoms with Crippen molar-refractivity contribution in [1.29, 1.82) is 0 Å². The fourth-order valence-corrected chi connectivity index (χ4v) is 4.32. The number of thiophene rings is 1. The highest BCUT2D eigenvalue weighted by atomic mass is 35.5. The Labute approximate surface area is 189 Å². The number of carbonyl (C=O) groups is 1. The molecule has 3 rings (SSSR count). The fraction of sp³-hybridized carbons (Fsp3) is 0.348. The van der Waals surface area contributed by atoms with Gasteiger partial charge in [0.25, 0.3) is 5.56 Å². The topological polar surface area (TPSA) is 81.3 Å². The summed E-state index contributed by atoms with van der Waals surface area (Å²) in [6.45, 7) is 8.60. The van der Waals surface area contributed by atoms with E-state index < -0.39 is 5.97 Å². The van der Waals surface area contributed by atoms with Crippen LogP contribution < -0.4 is 5.56 Å². The van der Waals surface area contributed by atoms with Gasteiger partial charge in [-0.1, -0.05) is 56.6 Å². The normalized spacial score (nSPS) is 12.4. The molecule has 0 fully saturated rings. The van der Waals surface area contributed by atoms with Crippen LogP contribution in [0.15, 0.2) is 29.1 Å². The molecule has 0 spiro atoms. The van der Waals surface area contributed by atoms with E-state index in [9.17, 15) is 9.59 Å². The van der Waals surface area contributed by atoms with Gasteiger partial charge in [-0.05, 0) is 35.1 Å². The summed E-state index contributed by atoms with van der Waals surface area (Å²) in [4.78, 5) is 33.0. The maximum atomic E-state index is 12.7. The highest BCUT2D eigenvalue weighted by Gasteiger charge is 2.21. The molecule has 2 aromatic heterocycles. The van der Waals surface area contributed by atoms with Crippen LogP contribution in [0.5, 0.6) is 0 Å². The lowest BCUT2D eigenvalue weighted by atomic mass is 9.87. The Balaban J connectivity index is 1.93. The van der Waals surface area contributed by atoms with Crippen LogP contribution in [-0.4, -0.2) is 36.3 Å². The highest BCUT2D eigenvalue weighted by molar-refractivity contribution is 7.20. The maximum Gasteiger partial charge on any atom is 0.348 e. The number of methoxy groups -OCH3 is 1. The minimum Gasteiger partial charge on any atom is -0.459 e. The van der Waals surface area contributed by atoms with Crippen LogP contribution in [0.2, 0.25) is 0 Å². The summed E-state index contributed by atoms with van der Waals surface area (Å²) in [6.07, 6.45) is 1.75. The minimum atomic E-state index is -0.501. The van der Waals surface area contributed by atoms with Gasteiger partial charge >= 0.3 is 5.97 Å². The molecule has 0 atom stereocenters. The molecule has 0 aliphatic heterocycles. The van der Waals surface area contributed by atoms with Crippen LogP contribution in [0.1, 0.15) is 53.0 Å². The summed E-state index contributed by atoms with van der Waals surface area (Å²) in [5.74, 6) is -0.251. The van der Waals surface area contributed by atoms with Gasteiger partial charge in [-0.3, -0.25) is 4.79 Å². The predicted octanol–water partition coefficient (Wildman–Crippen LogP) is 5.13. The van der Waals surface area contributed by atoms with E-state index in [0.29, 0.717) is 32.3 Å². The van der Waals surface area contributed by atoms with Crippen molar-refractivity contribution in [2.75, 3.05) is 20.3 Å². The Morgan fingerprint density at radius 1 is 1.23 bits per heavy atom. The number of rotatable bonds is 6. The Bertz CT molecular complexity index is 1190. The number of ether oxygens (including phenoxy) is 2. The minimum absolute atomic E-state index is 0.0588. The number of aromatic nitrogens is 2. The van der Waals surface area contributed by atoms with E-state index >= 15 is 0 Å². The molecule has 164 valence electrons. The van der Waals surface area contributed by atoms with Crippen LogP contribution in [0, 0.1) is 6.92 Å². The first-order valence-electron chi connectivity index (χ1n) is 9.79. The molecule has 0 aliphatic carbocycles. The summed E-state index contributed by atoms with van der Waals surface area (Å²) in [5, 5.41) is 0.671. The first-order chi connectivity index (χ1) is 14.6. The Hall–Kier alpha value is -2.48. The molecule has 2 heterocycles. The average Bonchev–Trinajstić information content (AvgIpc) is 3.05. The first-order valence-corrected chi connectivity index (χ1v) is 11.0. The molecule has 0 amide bonds. The van der Waals surface area contributed by atoms with E-state index in [1.54, 1.807) is 13.0 Å². The summed E-state index contributed by atoms with van der Waals surface area (Å²) >= 11 is 7.58. The standard InChI is InChI=1S/C23H25ClN2O4S/c1-13-17-20(27)25-19(26-21(17)31-18(13)22(28)30-11-10-29-5)16(24)12-14-6-8-15(9-7-14)23(2,3)4/h6-9,12H,10-11H2,1-5H3,(H,25,26,27)/b16-12-. The zero-order chi connectivity index (χ0) is 22.8. The molecule has 1 aromatic carbocycles. The third kappa shape index (κ3) is 5.23. The Morgan fingerprint density at radius 3 is 2.52 bits per heavy atom. The van der Waals surface area contributed by atoms with Gasteiger partial charge < -0.3 is 14.5 Å². The third-order valence-corrected chi connectivity index (χ3v) is 6.26. The van der Waals surface area contributed by atoms with Gasteiger partial charge in [-0.2, -0.15) is 0 Å². The lowest BCUT2D eigenvalue weighted by Gasteiger charge is -2.18. The highest BCUT2D eigenvalue weighted by Crippen LogP contribution is 2.29. The van der Waals surface area contributed by atoms with Crippen molar-refractivity contribution in [1.82, 2.24) is 9.97 Å². The van der Waals surface area contributed by atoms with Gasteiger partial charge in [0.2, 0.25) is 0 Å². The van der Waals surface area contributed by atoms with Crippen molar-refractivity contribution in [2.45, 2.75) is 33.1 Å². The lowest BCUT2D eigenvalue weighted by molar-refractivity contribution is 0.0393. The van der Waals surface area contributed by atoms with Crippen molar-refractivity contribution < 1.29 is 14.3 Å². The Morgan fingerprint density at radius 2 is 1.90 bits per heavy atom. The SMILES string of the molecule is COCCOC(=O)c1sc2nc(/C(Cl)=C/c3ccc(C(C)(C)C)cc3)[nH]c(=O)c2c1C. The second-order valence-corrected chi connectivity index (χ2v) is 9.55. The van der Waals surface area contributed by atoms with Crippen molar-refractivity contribution in [3.63, 3.8) is 0 Å². The molecule has 0 aliphatic rings. The molecule has 0 bridgehead atoms. The van der Waals surface area contributed by atoms with Crippen molar-refractivity contribution >= 4 is 50.2 Å². The van der Waals surface area contributed by atoms with Gasteiger partial charge in [0, 0.05) is 7.11 Å². The number of halogens is 1. The zero-order valence-corrected chi connectivity index (χ0v) is 19.7. The molecule has 0 saturated carbocycles. The molecule has 31 heavy (non-hydrogen) atoms. The molecule has 0 saturated heterocycles. The number of hydrogen-bond donors (Lipinski definition) is 1. The molecule has 0 unspecified atom stereocenters. The van der Waals surface area contributed by atoms with E-state index in [1.807, 2.05) is 12.1 Å². The smallest absolute Gasteiger partial charge is 0.348 e. The van der Waals surface area contributed by atoms with Crippen molar-refractivity contribution in [3.8, 4) is 0 Å². The lowest BCUT2D eigenvalue weighted by Crippen LogP contribution is -2.12. The van der Waals surface area contributed by atoms with E-state index in [2.05, 4.69) is 42.9 Å². The summed E-state index contributed by atoms with van der Waals surface area (Å²) < 4.78 is 10.1. The number of aromatic amines is 1. The molecule has 8 heteroatoms. The number of H-pyrrole nitrogens is 1. The summed E-state index contributed by atoms with van der Waals surface area (Å²) in [5.41, 5.74) is 2.36. The van der Waals surface area contributed by atoms with Gasteiger partial charge in [0.05, 0.1) is 17.0 Å². The van der Waals surface area contributed by atoms with E-state index in [1.165, 1.54) is 12.7 Å². The van der Waals surface area contributed by atoms with Crippen molar-refractivity contribution in [3.05, 3.63) is 62.0 Å². The number of esters is 1. The first kappa shape index (κ1) is 23.2. The van der Waals surface area contributed by atoms with Gasteiger partial charge in [0.15, 0.2) is 5.82 Å². The van der Waals surface area contributed by atoms with E-state index in [0.717, 1.165) is 16.9 Å². The quantitative estimate of drug-likeness (QED) is 0.407. The second kappa shape index (κ2) is 9.34. The maximum absolute atomic E-state index is 12.7. The monoisotopic (exact) mass is 460 g/mol. The molecule has 1 N–H and O–H groups in total. The third-order valence-electron chi connectivity index (χ3n) is 4.80. The van der Waals surface area contributed by atoms with Crippen LogP contribution in [0.4, 0.5) is 0 Å². The van der Waals surface area contributed by atoms with E-state index in [4.69, 9.17) is 21.1 Å². The number of nitrogens with one attached hydrogen (secondary N) is 1. The van der Waals surface area contributed by atoms with Gasteiger partial charge in [-0.25, -0.2) is 9.78 Å². The summed E-state index contributed by atoms with van der Waals surface area (Å²) in [7, 11) is 1.53. The van der Waals surface area contributed by atoms with Crippen LogP contribution in [-0.2, 0) is 14.9 Å². The predicted molar refractivity (Wildman–Crippen MR) is 126 cm³/mol. The van der Waals surface area contributed by atoms with Gasteiger partial charge in [-0.15, -0.1) is 11.3 Å². The molecule has 3 aromatic rings. The van der Waals surface area contributed by atoms with Gasteiger partial charge in [0.1, 0.15) is 16.3 Å². The number of benzene rings is 1. The zero-order valence-electron chi connectivity index (χ0n) is 18.2. The van der Waals surface area contributed by atoms with Crippen LogP contribution >= 0.6 is 22.9 Å². The number of fused-ring (bicyclic) bond motifs is 1. The van der Waals surface area contributed by atoms with Crippen molar-refractivity contribution in [2.24, 2.45) is 0 Å². The number of hydrogen-bond acceptors (Lipinski definition) is 6. The number of nitrogens with zero attached hydrogens (tertiary/aromatic N) is 1. The average molecular weight is 461 g/mol. The van der Waals surface area contributed by atoms with E-state index in [-0.39, 0.29) is 23.4 Å². The Kier molecular flexibility index (Phi) is 6.99. The second-order valence-electron chi connectivity index (χ2n) is 8.14. The van der Waals surface area contributed by atoms with Crippen LogP contribution in [0.3, 0.4) is 0 Å². The number of carbonyl (C=O) groups excluding carboxylic acids is 1. The fourth-order valence-electron chi connectivity index (χ4n) is 3.03. The van der Waals surface area contributed by atoms with Crippen LogP contribution in [0.25, 0.3) is 21.3 Å². The largest absolute Gasteiger partial charge is 0.459 e. The molecular weight excluding hydrogens is 436 g/mol. The summed E-state index contributed by atoms with van der Waals surface area (Å²) in [6, 6.07) is 8.06.